The van der Waals surface area contributed by atoms with Gasteiger partial charge in [-0.1, -0.05) is 11.3 Å². The number of aliphatic hydroxyl groups excluding tert-OH is 1. The standard InChI is InChI=1S/C23H22N8O2S/c1-13(2)27-18-8-19(20-4-3-15-7-14(9-24)10-26-31(15)20)25-11-17(18)21-28-29-22(34-21)23(33)30-6-5-16(32)12-30/h3-4,7-8,10-11,13,16,32H,5-6,12H2,1-2H3,(H,25,27)/t16-/m1/s1. The van der Waals surface area contributed by atoms with E-state index in [1.54, 1.807) is 21.7 Å². The normalized spacial score (nSPS) is 15.7. The third-order valence-electron chi connectivity index (χ3n) is 5.53. The lowest BCUT2D eigenvalue weighted by Gasteiger charge is -2.14. The van der Waals surface area contributed by atoms with Crippen molar-refractivity contribution in [3.63, 3.8) is 0 Å². The number of nitrogens with zero attached hydrogens (tertiary/aromatic N) is 7. The molecular weight excluding hydrogens is 452 g/mol. The van der Waals surface area contributed by atoms with E-state index in [4.69, 9.17) is 5.26 Å². The zero-order valence-electron chi connectivity index (χ0n) is 18.6. The smallest absolute Gasteiger partial charge is 0.284 e. The van der Waals surface area contributed by atoms with Crippen LogP contribution in [0.4, 0.5) is 5.69 Å². The van der Waals surface area contributed by atoms with E-state index in [1.807, 2.05) is 32.0 Å². The van der Waals surface area contributed by atoms with Gasteiger partial charge in [0.15, 0.2) is 5.01 Å². The van der Waals surface area contributed by atoms with Crippen molar-refractivity contribution in [2.24, 2.45) is 0 Å². The van der Waals surface area contributed by atoms with Crippen LogP contribution in [-0.4, -0.2) is 65.9 Å². The summed E-state index contributed by atoms with van der Waals surface area (Å²) in [7, 11) is 0. The molecule has 172 valence electrons. The Morgan fingerprint density at radius 2 is 2.15 bits per heavy atom. The second-order valence-corrected chi connectivity index (χ2v) is 9.41. The number of hydrogen-bond donors (Lipinski definition) is 2. The summed E-state index contributed by atoms with van der Waals surface area (Å²) in [5, 5.41) is 35.9. The third kappa shape index (κ3) is 4.09. The molecule has 1 aliphatic heterocycles. The lowest BCUT2D eigenvalue weighted by Crippen LogP contribution is -2.29. The summed E-state index contributed by atoms with van der Waals surface area (Å²) in [4.78, 5) is 19.0. The largest absolute Gasteiger partial charge is 0.391 e. The third-order valence-corrected chi connectivity index (χ3v) is 6.47. The summed E-state index contributed by atoms with van der Waals surface area (Å²) in [5.41, 5.74) is 4.35. The van der Waals surface area contributed by atoms with Crippen LogP contribution in [0.25, 0.3) is 27.5 Å². The molecule has 4 aromatic heterocycles. The number of pyridine rings is 1. The van der Waals surface area contributed by atoms with Crippen LogP contribution in [0, 0.1) is 11.3 Å². The highest BCUT2D eigenvalue weighted by atomic mass is 32.1. The molecule has 1 saturated heterocycles. The number of nitrogens with one attached hydrogen (secondary N) is 1. The van der Waals surface area contributed by atoms with Crippen LogP contribution >= 0.6 is 11.3 Å². The van der Waals surface area contributed by atoms with Crippen LogP contribution in [0.5, 0.6) is 0 Å². The molecular formula is C23H22N8O2S. The highest BCUT2D eigenvalue weighted by Gasteiger charge is 2.28. The Labute approximate surface area is 199 Å². The van der Waals surface area contributed by atoms with Crippen molar-refractivity contribution in [1.29, 1.82) is 5.26 Å². The summed E-state index contributed by atoms with van der Waals surface area (Å²) >= 11 is 1.21. The number of aromatic nitrogens is 5. The summed E-state index contributed by atoms with van der Waals surface area (Å²) in [6.45, 7) is 4.91. The lowest BCUT2D eigenvalue weighted by atomic mass is 10.1. The van der Waals surface area contributed by atoms with E-state index in [1.165, 1.54) is 17.5 Å². The molecule has 10 nitrogen and oxygen atoms in total. The zero-order chi connectivity index (χ0) is 23.8. The molecule has 1 amide bonds. The number of anilines is 1. The van der Waals surface area contributed by atoms with Crippen LogP contribution in [0.1, 0.15) is 35.6 Å². The van der Waals surface area contributed by atoms with E-state index in [0.29, 0.717) is 40.8 Å². The van der Waals surface area contributed by atoms with Gasteiger partial charge in [-0.15, -0.1) is 10.2 Å². The molecule has 4 aromatic rings. The number of rotatable bonds is 5. The molecule has 5 heterocycles. The minimum atomic E-state index is -0.485. The van der Waals surface area contributed by atoms with Gasteiger partial charge in [0.2, 0.25) is 5.01 Å². The topological polar surface area (TPSA) is 132 Å². The fraction of sp³-hybridized carbons (Fsp3) is 0.304. The summed E-state index contributed by atoms with van der Waals surface area (Å²) in [5.74, 6) is -0.217. The van der Waals surface area contributed by atoms with E-state index in [2.05, 4.69) is 31.7 Å². The van der Waals surface area contributed by atoms with Crippen molar-refractivity contribution < 1.29 is 9.90 Å². The Morgan fingerprint density at radius 3 is 2.88 bits per heavy atom. The number of carbonyl (C=O) groups is 1. The van der Waals surface area contributed by atoms with Crippen LogP contribution in [0.2, 0.25) is 0 Å². The van der Waals surface area contributed by atoms with Crippen molar-refractivity contribution in [3.05, 3.63) is 47.2 Å². The van der Waals surface area contributed by atoms with Crippen molar-refractivity contribution >= 4 is 28.4 Å². The molecule has 0 unspecified atom stereocenters. The van der Waals surface area contributed by atoms with Gasteiger partial charge in [-0.3, -0.25) is 9.78 Å². The molecule has 34 heavy (non-hydrogen) atoms. The minimum absolute atomic E-state index is 0.148. The van der Waals surface area contributed by atoms with E-state index in [9.17, 15) is 9.90 Å². The van der Waals surface area contributed by atoms with Gasteiger partial charge in [0.1, 0.15) is 6.07 Å². The fourth-order valence-electron chi connectivity index (χ4n) is 3.93. The van der Waals surface area contributed by atoms with Crippen LogP contribution in [0.3, 0.4) is 0 Å². The number of amides is 1. The van der Waals surface area contributed by atoms with Gasteiger partial charge in [0.05, 0.1) is 40.3 Å². The first-order valence-electron chi connectivity index (χ1n) is 10.9. The maximum atomic E-state index is 12.7. The Hall–Kier alpha value is -3.88. The molecule has 0 saturated carbocycles. The molecule has 1 atom stereocenters. The van der Waals surface area contributed by atoms with Gasteiger partial charge in [0.25, 0.3) is 5.91 Å². The van der Waals surface area contributed by atoms with Gasteiger partial charge in [-0.05, 0) is 44.5 Å². The lowest BCUT2D eigenvalue weighted by molar-refractivity contribution is 0.0763. The fourth-order valence-corrected chi connectivity index (χ4v) is 4.77. The minimum Gasteiger partial charge on any atom is -0.391 e. The van der Waals surface area contributed by atoms with Crippen LogP contribution in [-0.2, 0) is 0 Å². The Morgan fingerprint density at radius 1 is 1.29 bits per heavy atom. The second-order valence-electron chi connectivity index (χ2n) is 8.43. The maximum absolute atomic E-state index is 12.7. The van der Waals surface area contributed by atoms with E-state index >= 15 is 0 Å². The molecule has 1 aliphatic rings. The number of aliphatic hydroxyl groups is 1. The molecule has 0 bridgehead atoms. The van der Waals surface area contributed by atoms with Gasteiger partial charge in [-0.25, -0.2) is 4.52 Å². The first-order valence-corrected chi connectivity index (χ1v) is 11.7. The van der Waals surface area contributed by atoms with Crippen LogP contribution < -0.4 is 5.32 Å². The molecule has 1 fully saturated rings. The predicted molar refractivity (Wildman–Crippen MR) is 127 cm³/mol. The number of carbonyl (C=O) groups excluding carboxylic acids is 1. The van der Waals surface area contributed by atoms with Gasteiger partial charge < -0.3 is 15.3 Å². The number of fused-ring (bicyclic) bond motifs is 1. The Bertz CT molecular complexity index is 1420. The molecule has 2 N–H and O–H groups in total. The molecule has 0 aliphatic carbocycles. The quantitative estimate of drug-likeness (QED) is 0.451. The Balaban J connectivity index is 1.50. The average Bonchev–Trinajstić information content (AvgIpc) is 3.57. The first-order chi connectivity index (χ1) is 16.4. The molecule has 0 radical (unpaired) electrons. The second kappa shape index (κ2) is 8.81. The average molecular weight is 475 g/mol. The van der Waals surface area contributed by atoms with Gasteiger partial charge in [-0.2, -0.15) is 10.4 Å². The van der Waals surface area contributed by atoms with E-state index < -0.39 is 6.10 Å². The number of nitriles is 1. The highest BCUT2D eigenvalue weighted by Crippen LogP contribution is 2.34. The molecule has 0 spiro atoms. The monoisotopic (exact) mass is 474 g/mol. The highest BCUT2D eigenvalue weighted by molar-refractivity contribution is 7.16. The summed E-state index contributed by atoms with van der Waals surface area (Å²) in [6, 6.07) is 9.76. The van der Waals surface area contributed by atoms with Gasteiger partial charge in [0, 0.05) is 31.0 Å². The van der Waals surface area contributed by atoms with Crippen molar-refractivity contribution in [1.82, 2.24) is 29.7 Å². The summed E-state index contributed by atoms with van der Waals surface area (Å²) in [6.07, 6.45) is 3.34. The van der Waals surface area contributed by atoms with Crippen molar-refractivity contribution in [2.75, 3.05) is 18.4 Å². The van der Waals surface area contributed by atoms with Crippen molar-refractivity contribution in [2.45, 2.75) is 32.4 Å². The maximum Gasteiger partial charge on any atom is 0.284 e. The first kappa shape index (κ1) is 21.9. The summed E-state index contributed by atoms with van der Waals surface area (Å²) < 4.78 is 1.74. The SMILES string of the molecule is CC(C)Nc1cc(-c2ccc3cc(C#N)cnn23)ncc1-c1nnc(C(=O)N2CC[C@@H](O)C2)s1. The number of β-amino-alcohol motifs (C(OH)–C–C–N with tert-alkyl or cyclic N) is 1. The van der Waals surface area contributed by atoms with E-state index in [0.717, 1.165) is 22.5 Å². The number of likely N-dealkylation sites (tertiary alicyclic amines) is 1. The zero-order valence-corrected chi connectivity index (χ0v) is 19.5. The number of hydrogen-bond acceptors (Lipinski definition) is 9. The molecule has 5 rings (SSSR count). The van der Waals surface area contributed by atoms with Crippen LogP contribution in [0.15, 0.2) is 36.7 Å². The Kier molecular flexibility index (Phi) is 5.69. The van der Waals surface area contributed by atoms with E-state index in [-0.39, 0.29) is 11.9 Å². The van der Waals surface area contributed by atoms with Gasteiger partial charge >= 0.3 is 0 Å². The predicted octanol–water partition coefficient (Wildman–Crippen LogP) is 2.81. The molecule has 0 aromatic carbocycles. The molecule has 11 heteroatoms. The van der Waals surface area contributed by atoms with Crippen molar-refractivity contribution in [3.8, 4) is 28.0 Å².